The van der Waals surface area contributed by atoms with Gasteiger partial charge in [0.1, 0.15) is 0 Å². The number of benzene rings is 1. The molecular formula is C9H3BrF6O2. The maximum atomic E-state index is 12.5. The molecule has 100 valence electrons. The molecule has 0 aliphatic carbocycles. The zero-order valence-corrected chi connectivity index (χ0v) is 9.74. The summed E-state index contributed by atoms with van der Waals surface area (Å²) < 4.78 is 74.5. The predicted octanol–water partition coefficient (Wildman–Crippen LogP) is 4.18. The van der Waals surface area contributed by atoms with E-state index in [4.69, 9.17) is 5.11 Å². The van der Waals surface area contributed by atoms with Gasteiger partial charge in [-0.25, -0.2) is 4.79 Å². The molecule has 1 aromatic carbocycles. The van der Waals surface area contributed by atoms with Gasteiger partial charge in [-0.2, -0.15) is 26.3 Å². The third-order valence-electron chi connectivity index (χ3n) is 1.93. The molecular weight excluding hydrogens is 334 g/mol. The van der Waals surface area contributed by atoms with Crippen LogP contribution in [0.2, 0.25) is 0 Å². The van der Waals surface area contributed by atoms with Crippen molar-refractivity contribution in [3.05, 3.63) is 33.3 Å². The number of aromatic carboxylic acids is 1. The van der Waals surface area contributed by atoms with Gasteiger partial charge in [0.2, 0.25) is 0 Å². The summed E-state index contributed by atoms with van der Waals surface area (Å²) in [6, 6.07) is 0.581. The number of halogens is 7. The van der Waals surface area contributed by atoms with Crippen molar-refractivity contribution in [3.63, 3.8) is 0 Å². The second-order valence-electron chi connectivity index (χ2n) is 3.18. The van der Waals surface area contributed by atoms with E-state index in [-0.39, 0.29) is 0 Å². The number of carboxylic acids is 1. The van der Waals surface area contributed by atoms with E-state index in [1.165, 1.54) is 0 Å². The number of alkyl halides is 6. The SMILES string of the molecule is O=C(O)c1c(C(F)(F)F)cc(Br)cc1C(F)(F)F. The Morgan fingerprint density at radius 1 is 1.00 bits per heavy atom. The van der Waals surface area contributed by atoms with Crippen LogP contribution in [0.3, 0.4) is 0 Å². The van der Waals surface area contributed by atoms with Crippen molar-refractivity contribution < 1.29 is 36.2 Å². The van der Waals surface area contributed by atoms with Crippen molar-refractivity contribution >= 4 is 21.9 Å². The molecule has 0 saturated carbocycles. The first kappa shape index (κ1) is 14.8. The van der Waals surface area contributed by atoms with Gasteiger partial charge in [0.05, 0.1) is 16.7 Å². The van der Waals surface area contributed by atoms with E-state index >= 15 is 0 Å². The van der Waals surface area contributed by atoms with E-state index in [0.29, 0.717) is 12.1 Å². The highest BCUT2D eigenvalue weighted by atomic mass is 79.9. The minimum absolute atomic E-state index is 0.290. The summed E-state index contributed by atoms with van der Waals surface area (Å²) in [4.78, 5) is 10.6. The smallest absolute Gasteiger partial charge is 0.417 e. The second kappa shape index (κ2) is 4.45. The summed E-state index contributed by atoms with van der Waals surface area (Å²) in [6.45, 7) is 0. The number of hydrogen-bond acceptors (Lipinski definition) is 1. The lowest BCUT2D eigenvalue weighted by atomic mass is 10.00. The van der Waals surface area contributed by atoms with Crippen LogP contribution in [0.1, 0.15) is 21.5 Å². The molecule has 1 N–H and O–H groups in total. The molecule has 0 unspecified atom stereocenters. The maximum Gasteiger partial charge on any atom is 0.417 e. The van der Waals surface area contributed by atoms with E-state index < -0.39 is 39.5 Å². The average molecular weight is 337 g/mol. The lowest BCUT2D eigenvalue weighted by molar-refractivity contribution is -0.144. The zero-order chi connectivity index (χ0) is 14.3. The summed E-state index contributed by atoms with van der Waals surface area (Å²) in [5.41, 5.74) is -5.51. The van der Waals surface area contributed by atoms with E-state index in [1.54, 1.807) is 0 Å². The van der Waals surface area contributed by atoms with Gasteiger partial charge in [-0.1, -0.05) is 15.9 Å². The first-order valence-corrected chi connectivity index (χ1v) is 4.95. The Bertz CT molecular complexity index is 456. The number of carboxylic acid groups (broad SMARTS) is 1. The lowest BCUT2D eigenvalue weighted by Gasteiger charge is -2.16. The van der Waals surface area contributed by atoms with Gasteiger partial charge < -0.3 is 5.11 Å². The molecule has 0 spiro atoms. The Morgan fingerprint density at radius 2 is 1.33 bits per heavy atom. The molecule has 0 saturated heterocycles. The predicted molar refractivity (Wildman–Crippen MR) is 51.1 cm³/mol. The molecule has 0 radical (unpaired) electrons. The van der Waals surface area contributed by atoms with Gasteiger partial charge in [-0.3, -0.25) is 0 Å². The van der Waals surface area contributed by atoms with E-state index in [0.717, 1.165) is 0 Å². The summed E-state index contributed by atoms with van der Waals surface area (Å²) in [6.07, 6.45) is -10.4. The third-order valence-corrected chi connectivity index (χ3v) is 2.39. The summed E-state index contributed by atoms with van der Waals surface area (Å²) in [5, 5.41) is 8.55. The van der Waals surface area contributed by atoms with Crippen molar-refractivity contribution in [3.8, 4) is 0 Å². The number of hydrogen-bond donors (Lipinski definition) is 1. The molecule has 0 aliphatic heterocycles. The van der Waals surface area contributed by atoms with Crippen LogP contribution in [-0.2, 0) is 12.4 Å². The Kier molecular flexibility index (Phi) is 3.66. The van der Waals surface area contributed by atoms with Crippen LogP contribution in [0, 0.1) is 0 Å². The first-order chi connectivity index (χ1) is 7.94. The highest BCUT2D eigenvalue weighted by Crippen LogP contribution is 2.41. The van der Waals surface area contributed by atoms with Crippen molar-refractivity contribution in [1.82, 2.24) is 0 Å². The molecule has 0 atom stereocenters. The fourth-order valence-corrected chi connectivity index (χ4v) is 1.74. The lowest BCUT2D eigenvalue weighted by Crippen LogP contribution is -2.20. The van der Waals surface area contributed by atoms with E-state index in [9.17, 15) is 31.1 Å². The Hall–Kier alpha value is -1.25. The van der Waals surface area contributed by atoms with Crippen molar-refractivity contribution in [2.24, 2.45) is 0 Å². The van der Waals surface area contributed by atoms with Crippen LogP contribution in [-0.4, -0.2) is 11.1 Å². The molecule has 9 heteroatoms. The molecule has 18 heavy (non-hydrogen) atoms. The fourth-order valence-electron chi connectivity index (χ4n) is 1.28. The Labute approximate surface area is 104 Å². The summed E-state index contributed by atoms with van der Waals surface area (Å²) in [5.74, 6) is -2.29. The molecule has 0 aliphatic rings. The largest absolute Gasteiger partial charge is 0.478 e. The van der Waals surface area contributed by atoms with Gasteiger partial charge in [-0.05, 0) is 12.1 Å². The summed E-state index contributed by atoms with van der Waals surface area (Å²) >= 11 is 2.49. The van der Waals surface area contributed by atoms with Crippen LogP contribution < -0.4 is 0 Å². The van der Waals surface area contributed by atoms with E-state index in [1.807, 2.05) is 0 Å². The van der Waals surface area contributed by atoms with Gasteiger partial charge >= 0.3 is 18.3 Å². The quantitative estimate of drug-likeness (QED) is 0.781. The van der Waals surface area contributed by atoms with Crippen LogP contribution in [0.4, 0.5) is 26.3 Å². The number of carbonyl (C=O) groups is 1. The van der Waals surface area contributed by atoms with Gasteiger partial charge in [0.15, 0.2) is 0 Å². The molecule has 0 fully saturated rings. The maximum absolute atomic E-state index is 12.5. The van der Waals surface area contributed by atoms with Crippen molar-refractivity contribution in [2.75, 3.05) is 0 Å². The van der Waals surface area contributed by atoms with Crippen LogP contribution in [0.25, 0.3) is 0 Å². The standard InChI is InChI=1S/C9H3BrF6O2/c10-3-1-4(8(11,12)13)6(7(17)18)5(2-3)9(14,15)16/h1-2H,(H,17,18). The normalized spacial score (nSPS) is 12.6. The van der Waals surface area contributed by atoms with Gasteiger partial charge in [0.25, 0.3) is 0 Å². The minimum atomic E-state index is -5.20. The highest BCUT2D eigenvalue weighted by molar-refractivity contribution is 9.10. The van der Waals surface area contributed by atoms with Gasteiger partial charge in [-0.15, -0.1) is 0 Å². The monoisotopic (exact) mass is 336 g/mol. The molecule has 1 rings (SSSR count). The van der Waals surface area contributed by atoms with E-state index in [2.05, 4.69) is 15.9 Å². The average Bonchev–Trinajstić information content (AvgIpc) is 2.12. The zero-order valence-electron chi connectivity index (χ0n) is 8.16. The molecule has 0 heterocycles. The topological polar surface area (TPSA) is 37.3 Å². The van der Waals surface area contributed by atoms with Crippen molar-refractivity contribution in [2.45, 2.75) is 12.4 Å². The van der Waals surface area contributed by atoms with Gasteiger partial charge in [0, 0.05) is 4.47 Å². The Morgan fingerprint density at radius 3 is 1.56 bits per heavy atom. The van der Waals surface area contributed by atoms with Crippen LogP contribution in [0.15, 0.2) is 16.6 Å². The van der Waals surface area contributed by atoms with Crippen LogP contribution in [0.5, 0.6) is 0 Å². The highest BCUT2D eigenvalue weighted by Gasteiger charge is 2.43. The minimum Gasteiger partial charge on any atom is -0.478 e. The Balaban J connectivity index is 3.74. The second-order valence-corrected chi connectivity index (χ2v) is 4.09. The van der Waals surface area contributed by atoms with Crippen molar-refractivity contribution in [1.29, 1.82) is 0 Å². The summed E-state index contributed by atoms with van der Waals surface area (Å²) in [7, 11) is 0. The van der Waals surface area contributed by atoms with Crippen LogP contribution >= 0.6 is 15.9 Å². The molecule has 0 amide bonds. The third kappa shape index (κ3) is 2.95. The first-order valence-electron chi connectivity index (χ1n) is 4.16. The molecule has 0 bridgehead atoms. The fraction of sp³-hybridized carbons (Fsp3) is 0.222. The number of rotatable bonds is 1. The molecule has 2 nitrogen and oxygen atoms in total. The molecule has 0 aromatic heterocycles. The molecule has 1 aromatic rings.